The van der Waals surface area contributed by atoms with Gasteiger partial charge in [-0.05, 0) is 19.4 Å². The number of imidazole rings is 1. The number of nitrogens with one attached hydrogen (secondary N) is 1. The fraction of sp³-hybridized carbons (Fsp3) is 0.750. The lowest BCUT2D eigenvalue weighted by Crippen LogP contribution is -2.30. The van der Waals surface area contributed by atoms with Gasteiger partial charge in [-0.3, -0.25) is 0 Å². The predicted octanol–water partition coefficient (Wildman–Crippen LogP) is 1.16. The smallest absolute Gasteiger partial charge is 0.134 e. The third kappa shape index (κ3) is 2.28. The number of aromatic nitrogens is 2. The zero-order valence-corrected chi connectivity index (χ0v) is 9.95. The Labute approximate surface area is 96.7 Å². The molecular weight excluding hydrogens is 202 g/mol. The molecule has 2 N–H and O–H groups in total. The molecule has 4 heteroatoms. The van der Waals surface area contributed by atoms with Gasteiger partial charge in [0.2, 0.25) is 0 Å². The highest BCUT2D eigenvalue weighted by molar-refractivity contribution is 4.95. The van der Waals surface area contributed by atoms with Gasteiger partial charge in [0.1, 0.15) is 12.4 Å². The van der Waals surface area contributed by atoms with Crippen LogP contribution in [-0.4, -0.2) is 27.7 Å². The highest BCUT2D eigenvalue weighted by Gasteiger charge is 2.33. The Hall–Kier alpha value is -0.870. The summed E-state index contributed by atoms with van der Waals surface area (Å²) in [7, 11) is 0. The van der Waals surface area contributed by atoms with Crippen LogP contribution in [0.15, 0.2) is 12.4 Å². The Morgan fingerprint density at radius 2 is 2.50 bits per heavy atom. The van der Waals surface area contributed by atoms with Crippen molar-refractivity contribution in [1.82, 2.24) is 14.9 Å². The molecule has 2 heterocycles. The van der Waals surface area contributed by atoms with E-state index < -0.39 is 0 Å². The van der Waals surface area contributed by atoms with Crippen LogP contribution >= 0.6 is 0 Å². The molecule has 0 spiro atoms. The van der Waals surface area contributed by atoms with Crippen molar-refractivity contribution in [3.63, 3.8) is 0 Å². The van der Waals surface area contributed by atoms with Crippen LogP contribution in [0.2, 0.25) is 0 Å². The van der Waals surface area contributed by atoms with Crippen molar-refractivity contribution >= 4 is 0 Å². The van der Waals surface area contributed by atoms with Crippen LogP contribution in [0.4, 0.5) is 0 Å². The largest absolute Gasteiger partial charge is 0.388 e. The van der Waals surface area contributed by atoms with Crippen LogP contribution < -0.4 is 5.32 Å². The van der Waals surface area contributed by atoms with Crippen LogP contribution in [0.25, 0.3) is 0 Å². The lowest BCUT2D eigenvalue weighted by atomic mass is 9.82. The van der Waals surface area contributed by atoms with Gasteiger partial charge in [-0.15, -0.1) is 0 Å². The maximum atomic E-state index is 9.20. The standard InChI is InChI=1S/C12H21N3O/c1-2-3-12(4-5-13-9-12)10-15-7-6-14-11(15)8-16/h6-7,13,16H,2-5,8-10H2,1H3. The molecule has 1 aliphatic heterocycles. The first kappa shape index (κ1) is 11.6. The molecule has 2 rings (SSSR count). The molecule has 0 amide bonds. The van der Waals surface area contributed by atoms with Gasteiger partial charge in [-0.25, -0.2) is 4.98 Å². The van der Waals surface area contributed by atoms with Gasteiger partial charge in [0, 0.05) is 30.9 Å². The first-order chi connectivity index (χ1) is 7.79. The summed E-state index contributed by atoms with van der Waals surface area (Å²) in [6, 6.07) is 0. The van der Waals surface area contributed by atoms with Crippen molar-refractivity contribution in [2.75, 3.05) is 13.1 Å². The molecule has 1 aromatic rings. The molecule has 1 fully saturated rings. The van der Waals surface area contributed by atoms with Crippen molar-refractivity contribution in [2.24, 2.45) is 5.41 Å². The first-order valence-electron chi connectivity index (χ1n) is 6.11. The van der Waals surface area contributed by atoms with E-state index in [0.29, 0.717) is 5.41 Å². The van der Waals surface area contributed by atoms with Crippen LogP contribution in [-0.2, 0) is 13.2 Å². The highest BCUT2D eigenvalue weighted by Crippen LogP contribution is 2.33. The Balaban J connectivity index is 2.11. The number of rotatable bonds is 5. The maximum absolute atomic E-state index is 9.20. The normalized spacial score (nSPS) is 25.1. The van der Waals surface area contributed by atoms with Gasteiger partial charge in [0.15, 0.2) is 0 Å². The second kappa shape index (κ2) is 4.97. The summed E-state index contributed by atoms with van der Waals surface area (Å²) in [6.07, 6.45) is 7.42. The van der Waals surface area contributed by atoms with E-state index in [-0.39, 0.29) is 6.61 Å². The Kier molecular flexibility index (Phi) is 3.61. The van der Waals surface area contributed by atoms with Gasteiger partial charge in [-0.1, -0.05) is 13.3 Å². The van der Waals surface area contributed by atoms with Crippen molar-refractivity contribution < 1.29 is 5.11 Å². The van der Waals surface area contributed by atoms with Crippen molar-refractivity contribution in [3.8, 4) is 0 Å². The molecule has 0 aliphatic carbocycles. The summed E-state index contributed by atoms with van der Waals surface area (Å²) >= 11 is 0. The molecule has 0 bridgehead atoms. The van der Waals surface area contributed by atoms with Gasteiger partial charge < -0.3 is 15.0 Å². The maximum Gasteiger partial charge on any atom is 0.134 e. The van der Waals surface area contributed by atoms with Crippen LogP contribution in [0.1, 0.15) is 32.0 Å². The molecular formula is C12H21N3O. The van der Waals surface area contributed by atoms with Crippen molar-refractivity contribution in [1.29, 1.82) is 0 Å². The fourth-order valence-corrected chi connectivity index (χ4v) is 2.75. The summed E-state index contributed by atoms with van der Waals surface area (Å²) in [5.41, 5.74) is 0.360. The zero-order valence-electron chi connectivity index (χ0n) is 9.95. The second-order valence-electron chi connectivity index (χ2n) is 4.81. The van der Waals surface area contributed by atoms with Crippen LogP contribution in [0.3, 0.4) is 0 Å². The number of hydrogen-bond acceptors (Lipinski definition) is 3. The van der Waals surface area contributed by atoms with Gasteiger partial charge in [0.05, 0.1) is 0 Å². The molecule has 1 unspecified atom stereocenters. The monoisotopic (exact) mass is 223 g/mol. The molecule has 1 saturated heterocycles. The minimum atomic E-state index is 0.0304. The molecule has 1 atom stereocenters. The van der Waals surface area contributed by atoms with E-state index in [0.717, 1.165) is 25.5 Å². The third-order valence-corrected chi connectivity index (χ3v) is 3.56. The summed E-state index contributed by atoms with van der Waals surface area (Å²) in [5, 5.41) is 12.6. The Morgan fingerprint density at radius 1 is 1.62 bits per heavy atom. The van der Waals surface area contributed by atoms with Crippen molar-refractivity contribution in [2.45, 2.75) is 39.3 Å². The lowest BCUT2D eigenvalue weighted by Gasteiger charge is -2.28. The summed E-state index contributed by atoms with van der Waals surface area (Å²) in [5.74, 6) is 0.780. The number of aliphatic hydroxyl groups excluding tert-OH is 1. The third-order valence-electron chi connectivity index (χ3n) is 3.56. The molecule has 4 nitrogen and oxygen atoms in total. The van der Waals surface area contributed by atoms with E-state index in [1.54, 1.807) is 6.20 Å². The minimum absolute atomic E-state index is 0.0304. The number of hydrogen-bond donors (Lipinski definition) is 2. The SMILES string of the molecule is CCCC1(Cn2ccnc2CO)CCNC1. The van der Waals surface area contributed by atoms with E-state index in [9.17, 15) is 5.11 Å². The molecule has 0 radical (unpaired) electrons. The molecule has 0 aromatic carbocycles. The van der Waals surface area contributed by atoms with E-state index in [4.69, 9.17) is 0 Å². The van der Waals surface area contributed by atoms with Gasteiger partial charge in [0.25, 0.3) is 0 Å². The molecule has 0 saturated carbocycles. The Morgan fingerprint density at radius 3 is 3.12 bits per heavy atom. The molecule has 1 aromatic heterocycles. The topological polar surface area (TPSA) is 50.1 Å². The summed E-state index contributed by atoms with van der Waals surface area (Å²) in [6.45, 7) is 5.44. The molecule has 1 aliphatic rings. The predicted molar refractivity (Wildman–Crippen MR) is 63.0 cm³/mol. The lowest BCUT2D eigenvalue weighted by molar-refractivity contribution is 0.222. The quantitative estimate of drug-likeness (QED) is 0.787. The zero-order chi connectivity index (χ0) is 11.4. The second-order valence-corrected chi connectivity index (χ2v) is 4.81. The Bertz CT molecular complexity index is 329. The molecule has 16 heavy (non-hydrogen) atoms. The van der Waals surface area contributed by atoms with Gasteiger partial charge >= 0.3 is 0 Å². The van der Waals surface area contributed by atoms with E-state index >= 15 is 0 Å². The van der Waals surface area contributed by atoms with Crippen LogP contribution in [0, 0.1) is 5.41 Å². The number of aliphatic hydroxyl groups is 1. The molecule has 90 valence electrons. The average Bonchev–Trinajstić information content (AvgIpc) is 2.89. The highest BCUT2D eigenvalue weighted by atomic mass is 16.3. The van der Waals surface area contributed by atoms with E-state index in [1.165, 1.54) is 19.3 Å². The first-order valence-corrected chi connectivity index (χ1v) is 6.11. The average molecular weight is 223 g/mol. The summed E-state index contributed by atoms with van der Waals surface area (Å²) in [4.78, 5) is 4.16. The fourth-order valence-electron chi connectivity index (χ4n) is 2.75. The summed E-state index contributed by atoms with van der Waals surface area (Å²) < 4.78 is 2.10. The van der Waals surface area contributed by atoms with Crippen molar-refractivity contribution in [3.05, 3.63) is 18.2 Å². The number of nitrogens with zero attached hydrogens (tertiary/aromatic N) is 2. The van der Waals surface area contributed by atoms with E-state index in [1.807, 2.05) is 6.20 Å². The van der Waals surface area contributed by atoms with Gasteiger partial charge in [-0.2, -0.15) is 0 Å². The minimum Gasteiger partial charge on any atom is -0.388 e. The van der Waals surface area contributed by atoms with Crippen LogP contribution in [0.5, 0.6) is 0 Å². The van der Waals surface area contributed by atoms with E-state index in [2.05, 4.69) is 21.8 Å².